The fourth-order valence-corrected chi connectivity index (χ4v) is 7.19. The van der Waals surface area contributed by atoms with Crippen molar-refractivity contribution in [3.63, 3.8) is 0 Å². The molecule has 0 saturated heterocycles. The second kappa shape index (κ2) is 11.7. The van der Waals surface area contributed by atoms with Crippen molar-refractivity contribution < 1.29 is 5.73 Å². The topological polar surface area (TPSA) is 0 Å². The third kappa shape index (κ3) is 12.9. The van der Waals surface area contributed by atoms with Gasteiger partial charge in [0.05, 0.1) is 0 Å². The van der Waals surface area contributed by atoms with Crippen LogP contribution < -0.4 is 0 Å². The number of unbranched alkanes of at least 4 members (excludes halogenated alkanes) is 8. The maximum absolute atomic E-state index is 13.7. The summed E-state index contributed by atoms with van der Waals surface area (Å²) in [6.07, 6.45) is 10.7. The predicted molar refractivity (Wildman–Crippen MR) is 75.1 cm³/mol. The average Bonchev–Trinajstić information content (AvgIpc) is 2.28. The zero-order valence-corrected chi connectivity index (χ0v) is 14.6. The summed E-state index contributed by atoms with van der Waals surface area (Å²) in [6, 6.07) is 0. The summed E-state index contributed by atoms with van der Waals surface area (Å²) in [6.45, 7) is 4.31. The van der Waals surface area contributed by atoms with Crippen LogP contribution in [0.15, 0.2) is 0 Å². The molecule has 0 radical (unpaired) electrons. The number of rotatable bonds is 12. The number of halogens is 2. The van der Waals surface area contributed by atoms with Crippen molar-refractivity contribution in [2.24, 2.45) is 0 Å². The van der Waals surface area contributed by atoms with Gasteiger partial charge in [0.2, 0.25) is 0 Å². The Bertz CT molecular complexity index is 144. The summed E-state index contributed by atoms with van der Waals surface area (Å²) >= 11 is -4.55. The van der Waals surface area contributed by atoms with Crippen molar-refractivity contribution >= 4 is 19.5 Å². The van der Waals surface area contributed by atoms with Crippen molar-refractivity contribution in [3.8, 4) is 0 Å². The third-order valence-corrected chi connectivity index (χ3v) is 9.49. The van der Waals surface area contributed by atoms with Crippen molar-refractivity contribution in [2.75, 3.05) is 0 Å². The molecule has 0 N–H and O–H groups in total. The van der Waals surface area contributed by atoms with Gasteiger partial charge in [-0.1, -0.05) is 0 Å². The van der Waals surface area contributed by atoms with Crippen LogP contribution >= 0.6 is 0 Å². The van der Waals surface area contributed by atoms with E-state index in [0.717, 1.165) is 38.5 Å². The van der Waals surface area contributed by atoms with Crippen LogP contribution in [0.5, 0.6) is 0 Å². The molecular formula is C14H30F2Sn. The third-order valence-electron chi connectivity index (χ3n) is 3.29. The van der Waals surface area contributed by atoms with Crippen molar-refractivity contribution in [3.05, 3.63) is 0 Å². The standard InChI is InChI=1S/2C7H15.2FH.Sn/c2*1-3-5-7-6-4-2;;;/h2*1,3-7H2,2H3;2*1H;/q;;;;+2/p-2. The van der Waals surface area contributed by atoms with Gasteiger partial charge in [0.15, 0.2) is 0 Å². The van der Waals surface area contributed by atoms with E-state index >= 15 is 0 Å². The van der Waals surface area contributed by atoms with E-state index in [0.29, 0.717) is 8.87 Å². The van der Waals surface area contributed by atoms with Crippen LogP contribution in [0.4, 0.5) is 5.73 Å². The second-order valence-corrected chi connectivity index (χ2v) is 12.9. The quantitative estimate of drug-likeness (QED) is 0.284. The first-order chi connectivity index (χ1) is 8.12. The van der Waals surface area contributed by atoms with Gasteiger partial charge >= 0.3 is 112 Å². The maximum atomic E-state index is 13.7. The second-order valence-electron chi connectivity index (χ2n) is 5.18. The van der Waals surface area contributed by atoms with Crippen LogP contribution in [0.3, 0.4) is 0 Å². The zero-order chi connectivity index (χ0) is 13.0. The van der Waals surface area contributed by atoms with Gasteiger partial charge in [0, 0.05) is 0 Å². The molecule has 0 fully saturated rings. The van der Waals surface area contributed by atoms with E-state index < -0.39 is 19.5 Å². The minimum absolute atomic E-state index is 0.312. The molecule has 0 aliphatic carbocycles. The van der Waals surface area contributed by atoms with Gasteiger partial charge in [-0.15, -0.1) is 0 Å². The molecule has 0 aromatic carbocycles. The SMILES string of the molecule is CCCCCC[CH2][Sn]([F])([F])[CH2]CCCCCC. The Labute approximate surface area is 112 Å². The van der Waals surface area contributed by atoms with Gasteiger partial charge in [-0.05, 0) is 0 Å². The molecule has 0 unspecified atom stereocenters. The minimum atomic E-state index is -4.55. The molecule has 0 aromatic heterocycles. The molecule has 0 aliphatic heterocycles. The monoisotopic (exact) mass is 356 g/mol. The van der Waals surface area contributed by atoms with Crippen LogP contribution in [0.2, 0.25) is 8.87 Å². The molecule has 0 aliphatic rings. The fraction of sp³-hybridized carbons (Fsp3) is 1.00. The summed E-state index contributed by atoms with van der Waals surface area (Å²) in [5, 5.41) is 0. The predicted octanol–water partition coefficient (Wildman–Crippen LogP) is 6.31. The van der Waals surface area contributed by atoms with E-state index in [2.05, 4.69) is 13.8 Å². The van der Waals surface area contributed by atoms with E-state index in [1.165, 1.54) is 25.7 Å². The Hall–Kier alpha value is 0.659. The Morgan fingerprint density at radius 3 is 1.29 bits per heavy atom. The Balaban J connectivity index is 3.38. The van der Waals surface area contributed by atoms with Crippen LogP contribution in [-0.4, -0.2) is 19.5 Å². The molecule has 0 aromatic rings. The molecular weight excluding hydrogens is 325 g/mol. The summed E-state index contributed by atoms with van der Waals surface area (Å²) < 4.78 is 27.9. The van der Waals surface area contributed by atoms with Crippen molar-refractivity contribution in [1.82, 2.24) is 0 Å². The van der Waals surface area contributed by atoms with Crippen LogP contribution in [0.25, 0.3) is 0 Å². The first-order valence-corrected chi connectivity index (χ1v) is 13.7. The summed E-state index contributed by atoms with van der Waals surface area (Å²) in [5.41, 5.74) is 0. The molecule has 104 valence electrons. The average molecular weight is 355 g/mol. The van der Waals surface area contributed by atoms with E-state index in [4.69, 9.17) is 0 Å². The van der Waals surface area contributed by atoms with E-state index in [1.54, 1.807) is 0 Å². The first-order valence-electron chi connectivity index (χ1n) is 7.50. The van der Waals surface area contributed by atoms with Crippen LogP contribution in [-0.2, 0) is 0 Å². The summed E-state index contributed by atoms with van der Waals surface area (Å²) in [7, 11) is 0. The summed E-state index contributed by atoms with van der Waals surface area (Å²) in [5.74, 6) is 0. The Morgan fingerprint density at radius 1 is 0.588 bits per heavy atom. The van der Waals surface area contributed by atoms with Gasteiger partial charge in [-0.25, -0.2) is 0 Å². The molecule has 0 saturated carbocycles. The Morgan fingerprint density at radius 2 is 0.941 bits per heavy atom. The van der Waals surface area contributed by atoms with Gasteiger partial charge in [-0.2, -0.15) is 0 Å². The molecule has 0 atom stereocenters. The van der Waals surface area contributed by atoms with E-state index in [1.807, 2.05) is 0 Å². The van der Waals surface area contributed by atoms with Gasteiger partial charge in [0.25, 0.3) is 0 Å². The van der Waals surface area contributed by atoms with Gasteiger partial charge in [-0.3, -0.25) is 0 Å². The molecule has 0 spiro atoms. The molecule has 0 nitrogen and oxygen atoms in total. The zero-order valence-electron chi connectivity index (χ0n) is 11.7. The fourth-order valence-electron chi connectivity index (χ4n) is 2.10. The normalized spacial score (nSPS) is 12.0. The van der Waals surface area contributed by atoms with E-state index in [-0.39, 0.29) is 0 Å². The van der Waals surface area contributed by atoms with Crippen molar-refractivity contribution in [2.45, 2.75) is 86.9 Å². The van der Waals surface area contributed by atoms with E-state index in [9.17, 15) is 5.73 Å². The van der Waals surface area contributed by atoms with Crippen LogP contribution in [0, 0.1) is 0 Å². The molecule has 0 heterocycles. The first kappa shape index (κ1) is 17.7. The van der Waals surface area contributed by atoms with Crippen LogP contribution in [0.1, 0.15) is 78.1 Å². The molecule has 17 heavy (non-hydrogen) atoms. The number of hydrogen-bond donors (Lipinski definition) is 0. The van der Waals surface area contributed by atoms with Crippen molar-refractivity contribution in [1.29, 1.82) is 0 Å². The summed E-state index contributed by atoms with van der Waals surface area (Å²) in [4.78, 5) is 0. The van der Waals surface area contributed by atoms with Gasteiger partial charge in [0.1, 0.15) is 0 Å². The number of hydrogen-bond acceptors (Lipinski definition) is 0. The Kier molecular flexibility index (Phi) is 12.2. The molecule has 0 bridgehead atoms. The molecule has 0 rings (SSSR count). The molecule has 3 heteroatoms. The van der Waals surface area contributed by atoms with Gasteiger partial charge < -0.3 is 0 Å². The molecule has 0 amide bonds.